The smallest absolute Gasteiger partial charge is 0.337 e. The van der Waals surface area contributed by atoms with Crippen molar-refractivity contribution in [2.24, 2.45) is 0 Å². The predicted molar refractivity (Wildman–Crippen MR) is 96.5 cm³/mol. The summed E-state index contributed by atoms with van der Waals surface area (Å²) in [5, 5.41) is 0. The summed E-state index contributed by atoms with van der Waals surface area (Å²) in [4.78, 5) is 37.2. The standard InChI is InChI=1S/C20H19NO6/c1-25-20(24)15-6-4-5-14(11-15)12-27-19(23)9-10-21-16-7-2-3-8-17(16)26-13-18(21)22/h2-8,11H,9-10,12-13H2,1H3. The van der Waals surface area contributed by atoms with Crippen LogP contribution in [0.25, 0.3) is 0 Å². The van der Waals surface area contributed by atoms with Crippen LogP contribution in [0.1, 0.15) is 22.3 Å². The molecular weight excluding hydrogens is 350 g/mol. The highest BCUT2D eigenvalue weighted by Crippen LogP contribution is 2.31. The fraction of sp³-hybridized carbons (Fsp3) is 0.250. The molecule has 0 aromatic heterocycles. The molecule has 27 heavy (non-hydrogen) atoms. The summed E-state index contributed by atoms with van der Waals surface area (Å²) in [5.74, 6) is -0.472. The third-order valence-electron chi connectivity index (χ3n) is 4.10. The van der Waals surface area contributed by atoms with Gasteiger partial charge in [-0.15, -0.1) is 0 Å². The Hall–Kier alpha value is -3.35. The highest BCUT2D eigenvalue weighted by molar-refractivity contribution is 5.98. The maximum absolute atomic E-state index is 12.1. The van der Waals surface area contributed by atoms with Crippen LogP contribution in [0.3, 0.4) is 0 Å². The number of anilines is 1. The molecule has 0 bridgehead atoms. The maximum Gasteiger partial charge on any atom is 0.337 e. The topological polar surface area (TPSA) is 82.1 Å². The summed E-state index contributed by atoms with van der Waals surface area (Å²) in [5.41, 5.74) is 1.72. The van der Waals surface area contributed by atoms with Gasteiger partial charge in [-0.3, -0.25) is 9.59 Å². The predicted octanol–water partition coefficient (Wildman–Crippen LogP) is 2.33. The van der Waals surface area contributed by atoms with Crippen molar-refractivity contribution in [1.82, 2.24) is 0 Å². The number of benzene rings is 2. The number of carbonyl (C=O) groups is 3. The van der Waals surface area contributed by atoms with Gasteiger partial charge in [0.2, 0.25) is 0 Å². The minimum atomic E-state index is -0.451. The molecule has 1 aliphatic rings. The molecule has 7 nitrogen and oxygen atoms in total. The van der Waals surface area contributed by atoms with Crippen LogP contribution < -0.4 is 9.64 Å². The van der Waals surface area contributed by atoms with E-state index in [1.54, 1.807) is 42.5 Å². The number of hydrogen-bond donors (Lipinski definition) is 0. The second kappa shape index (κ2) is 8.35. The zero-order valence-corrected chi connectivity index (χ0v) is 14.8. The van der Waals surface area contributed by atoms with Crippen LogP contribution in [0.15, 0.2) is 48.5 Å². The molecule has 0 saturated heterocycles. The average molecular weight is 369 g/mol. The van der Waals surface area contributed by atoms with Gasteiger partial charge in [-0.05, 0) is 29.8 Å². The molecular formula is C20H19NO6. The van der Waals surface area contributed by atoms with Gasteiger partial charge in [-0.2, -0.15) is 0 Å². The van der Waals surface area contributed by atoms with E-state index in [9.17, 15) is 14.4 Å². The van der Waals surface area contributed by atoms with Crippen molar-refractivity contribution >= 4 is 23.5 Å². The second-order valence-corrected chi connectivity index (χ2v) is 5.90. The van der Waals surface area contributed by atoms with Gasteiger partial charge < -0.3 is 19.1 Å². The van der Waals surface area contributed by atoms with Crippen molar-refractivity contribution in [3.8, 4) is 5.75 Å². The Kier molecular flexibility index (Phi) is 5.71. The Morgan fingerprint density at radius 3 is 2.78 bits per heavy atom. The number of methoxy groups -OCH3 is 1. The van der Waals surface area contributed by atoms with E-state index in [2.05, 4.69) is 4.74 Å². The zero-order valence-electron chi connectivity index (χ0n) is 14.8. The first-order valence-electron chi connectivity index (χ1n) is 8.43. The molecule has 0 saturated carbocycles. The van der Waals surface area contributed by atoms with E-state index in [0.717, 1.165) is 0 Å². The van der Waals surface area contributed by atoms with E-state index >= 15 is 0 Å². The molecule has 1 amide bonds. The highest BCUT2D eigenvalue weighted by atomic mass is 16.5. The molecule has 0 atom stereocenters. The minimum absolute atomic E-state index is 0.0390. The number of nitrogens with zero attached hydrogens (tertiary/aromatic N) is 1. The van der Waals surface area contributed by atoms with Crippen molar-refractivity contribution in [3.05, 3.63) is 59.7 Å². The van der Waals surface area contributed by atoms with Gasteiger partial charge in [0.15, 0.2) is 6.61 Å². The first-order chi connectivity index (χ1) is 13.1. The zero-order chi connectivity index (χ0) is 19.2. The Morgan fingerprint density at radius 2 is 1.96 bits per heavy atom. The van der Waals surface area contributed by atoms with Crippen LogP contribution in [-0.2, 0) is 25.7 Å². The van der Waals surface area contributed by atoms with Crippen LogP contribution in [0.2, 0.25) is 0 Å². The van der Waals surface area contributed by atoms with Gasteiger partial charge in [0.05, 0.1) is 24.8 Å². The number of amides is 1. The second-order valence-electron chi connectivity index (χ2n) is 5.90. The van der Waals surface area contributed by atoms with E-state index in [0.29, 0.717) is 22.6 Å². The summed E-state index contributed by atoms with van der Waals surface area (Å²) in [7, 11) is 1.31. The van der Waals surface area contributed by atoms with E-state index in [1.807, 2.05) is 6.07 Å². The van der Waals surface area contributed by atoms with Crippen molar-refractivity contribution < 1.29 is 28.6 Å². The van der Waals surface area contributed by atoms with Crippen LogP contribution in [0, 0.1) is 0 Å². The fourth-order valence-electron chi connectivity index (χ4n) is 2.74. The lowest BCUT2D eigenvalue weighted by molar-refractivity contribution is -0.144. The van der Waals surface area contributed by atoms with Crippen molar-refractivity contribution in [2.45, 2.75) is 13.0 Å². The number of esters is 2. The number of fused-ring (bicyclic) bond motifs is 1. The van der Waals surface area contributed by atoms with E-state index in [-0.39, 0.29) is 32.1 Å². The third-order valence-corrected chi connectivity index (χ3v) is 4.10. The largest absolute Gasteiger partial charge is 0.482 e. The lowest BCUT2D eigenvalue weighted by Gasteiger charge is -2.28. The summed E-state index contributed by atoms with van der Waals surface area (Å²) in [6, 6.07) is 13.9. The van der Waals surface area contributed by atoms with Crippen molar-refractivity contribution in [2.75, 3.05) is 25.2 Å². The van der Waals surface area contributed by atoms with Crippen LogP contribution >= 0.6 is 0 Å². The first-order valence-corrected chi connectivity index (χ1v) is 8.43. The Morgan fingerprint density at radius 1 is 1.15 bits per heavy atom. The SMILES string of the molecule is COC(=O)c1cccc(COC(=O)CCN2C(=O)COc3ccccc32)c1. The summed E-state index contributed by atoms with van der Waals surface area (Å²) >= 11 is 0. The monoisotopic (exact) mass is 369 g/mol. The Labute approximate surface area is 156 Å². The molecule has 2 aromatic carbocycles. The summed E-state index contributed by atoms with van der Waals surface area (Å²) in [6.07, 6.45) is 0.0523. The molecule has 0 unspecified atom stereocenters. The molecule has 1 heterocycles. The van der Waals surface area contributed by atoms with Crippen molar-refractivity contribution in [3.63, 3.8) is 0 Å². The Bertz CT molecular complexity index is 863. The quantitative estimate of drug-likeness (QED) is 0.727. The van der Waals surface area contributed by atoms with Gasteiger partial charge in [-0.1, -0.05) is 24.3 Å². The molecule has 2 aromatic rings. The highest BCUT2D eigenvalue weighted by Gasteiger charge is 2.25. The van der Waals surface area contributed by atoms with Crippen molar-refractivity contribution in [1.29, 1.82) is 0 Å². The maximum atomic E-state index is 12.1. The summed E-state index contributed by atoms with van der Waals surface area (Å²) < 4.78 is 15.3. The minimum Gasteiger partial charge on any atom is -0.482 e. The van der Waals surface area contributed by atoms with Crippen LogP contribution in [-0.4, -0.2) is 38.1 Å². The van der Waals surface area contributed by atoms with E-state index in [1.165, 1.54) is 12.0 Å². The van der Waals surface area contributed by atoms with Gasteiger partial charge in [0.1, 0.15) is 12.4 Å². The first kappa shape index (κ1) is 18.4. The number of para-hydroxylation sites is 2. The number of carbonyl (C=O) groups excluding carboxylic acids is 3. The van der Waals surface area contributed by atoms with Gasteiger partial charge in [-0.25, -0.2) is 4.79 Å². The molecule has 3 rings (SSSR count). The number of hydrogen-bond acceptors (Lipinski definition) is 6. The normalized spacial score (nSPS) is 12.8. The number of rotatable bonds is 6. The van der Waals surface area contributed by atoms with E-state index in [4.69, 9.17) is 9.47 Å². The van der Waals surface area contributed by atoms with Crippen LogP contribution in [0.5, 0.6) is 5.75 Å². The lowest BCUT2D eigenvalue weighted by Crippen LogP contribution is -2.40. The summed E-state index contributed by atoms with van der Waals surface area (Å²) in [6.45, 7) is 0.198. The van der Waals surface area contributed by atoms with Gasteiger partial charge in [0.25, 0.3) is 5.91 Å². The van der Waals surface area contributed by atoms with E-state index < -0.39 is 11.9 Å². The van der Waals surface area contributed by atoms with Gasteiger partial charge >= 0.3 is 11.9 Å². The number of ether oxygens (including phenoxy) is 3. The molecule has 0 spiro atoms. The van der Waals surface area contributed by atoms with Gasteiger partial charge in [0, 0.05) is 6.54 Å². The molecule has 0 N–H and O–H groups in total. The fourth-order valence-corrected chi connectivity index (χ4v) is 2.74. The molecule has 140 valence electrons. The molecule has 7 heteroatoms. The third kappa shape index (κ3) is 4.44. The average Bonchev–Trinajstić information content (AvgIpc) is 2.71. The lowest BCUT2D eigenvalue weighted by atomic mass is 10.1. The Balaban J connectivity index is 1.55. The molecule has 1 aliphatic heterocycles. The van der Waals surface area contributed by atoms with Crippen LogP contribution in [0.4, 0.5) is 5.69 Å². The molecule has 0 radical (unpaired) electrons. The molecule has 0 aliphatic carbocycles. The molecule has 0 fully saturated rings.